The highest BCUT2D eigenvalue weighted by atomic mass is 32.3. The lowest BCUT2D eigenvalue weighted by Crippen LogP contribution is -2.28. The van der Waals surface area contributed by atoms with Crippen molar-refractivity contribution in [1.82, 2.24) is 0 Å². The molecule has 1 heterocycles. The molecule has 0 aromatic heterocycles. The van der Waals surface area contributed by atoms with E-state index in [2.05, 4.69) is 4.74 Å². The maximum absolute atomic E-state index is 13.1. The fraction of sp³-hybridized carbons (Fsp3) is 0.429. The molecule has 0 aliphatic carbocycles. The molecule has 22 heavy (non-hydrogen) atoms. The molecule has 0 N–H and O–H groups in total. The summed E-state index contributed by atoms with van der Waals surface area (Å²) in [5, 5.41) is -1.35. The normalized spacial score (nSPS) is 18.6. The molecular weight excluding hydrogens is 313 g/mol. The van der Waals surface area contributed by atoms with Crippen LogP contribution in [-0.4, -0.2) is 39.2 Å². The Hall–Kier alpha value is -1.96. The number of carbonyl (C=O) groups is 2. The van der Waals surface area contributed by atoms with E-state index in [0.717, 1.165) is 0 Å². The molecule has 1 aromatic rings. The Morgan fingerprint density at radius 1 is 1.32 bits per heavy atom. The molecule has 2 rings (SSSR count). The van der Waals surface area contributed by atoms with Gasteiger partial charge in [0, 0.05) is 18.7 Å². The second-order valence-electron chi connectivity index (χ2n) is 5.26. The Labute approximate surface area is 128 Å². The first-order valence-electron chi connectivity index (χ1n) is 6.58. The first-order chi connectivity index (χ1) is 10.1. The molecular formula is C14H16FNO5S. The van der Waals surface area contributed by atoms with Crippen molar-refractivity contribution in [3.63, 3.8) is 0 Å². The minimum atomic E-state index is -4.76. The van der Waals surface area contributed by atoms with Crippen molar-refractivity contribution in [2.24, 2.45) is 0 Å². The van der Waals surface area contributed by atoms with Crippen LogP contribution >= 0.6 is 0 Å². The van der Waals surface area contributed by atoms with Crippen LogP contribution < -0.4 is 4.90 Å². The van der Waals surface area contributed by atoms with Gasteiger partial charge in [0.15, 0.2) is 0 Å². The van der Waals surface area contributed by atoms with Crippen LogP contribution in [0.5, 0.6) is 0 Å². The molecule has 0 radical (unpaired) electrons. The van der Waals surface area contributed by atoms with Crippen molar-refractivity contribution >= 4 is 27.8 Å². The predicted molar refractivity (Wildman–Crippen MR) is 78.0 cm³/mol. The van der Waals surface area contributed by atoms with Gasteiger partial charge in [0.05, 0.1) is 12.7 Å². The lowest BCUT2D eigenvalue weighted by Gasteiger charge is -2.22. The van der Waals surface area contributed by atoms with E-state index >= 15 is 0 Å². The number of aryl methyl sites for hydroxylation is 2. The fourth-order valence-electron chi connectivity index (χ4n) is 2.70. The number of anilines is 1. The van der Waals surface area contributed by atoms with Crippen molar-refractivity contribution in [2.75, 3.05) is 18.6 Å². The number of nitrogens with zero attached hydrogens (tertiary/aromatic N) is 1. The average molecular weight is 329 g/mol. The van der Waals surface area contributed by atoms with E-state index in [1.54, 1.807) is 26.0 Å². The van der Waals surface area contributed by atoms with Crippen LogP contribution in [0.1, 0.15) is 27.9 Å². The van der Waals surface area contributed by atoms with E-state index in [-0.39, 0.29) is 13.0 Å². The zero-order valence-electron chi connectivity index (χ0n) is 12.4. The predicted octanol–water partition coefficient (Wildman–Crippen LogP) is 1.49. The van der Waals surface area contributed by atoms with E-state index in [1.807, 2.05) is 0 Å². The van der Waals surface area contributed by atoms with E-state index in [4.69, 9.17) is 0 Å². The van der Waals surface area contributed by atoms with Gasteiger partial charge in [-0.15, -0.1) is 3.89 Å². The molecule has 1 atom stereocenters. The zero-order valence-corrected chi connectivity index (χ0v) is 13.2. The van der Waals surface area contributed by atoms with Crippen molar-refractivity contribution in [3.8, 4) is 0 Å². The highest BCUT2D eigenvalue weighted by Crippen LogP contribution is 2.32. The fourth-order valence-corrected chi connectivity index (χ4v) is 3.37. The second-order valence-corrected chi connectivity index (χ2v) is 6.87. The number of esters is 1. The molecule has 0 spiro atoms. The van der Waals surface area contributed by atoms with Crippen LogP contribution in [0.3, 0.4) is 0 Å². The number of ether oxygens (including phenoxy) is 1. The minimum Gasteiger partial charge on any atom is -0.465 e. The molecule has 1 fully saturated rings. The topological polar surface area (TPSA) is 80.8 Å². The Morgan fingerprint density at radius 3 is 2.27 bits per heavy atom. The molecule has 0 bridgehead atoms. The third-order valence-corrected chi connectivity index (χ3v) is 4.78. The molecule has 120 valence electrons. The number of methoxy groups -OCH3 is 1. The number of rotatable bonds is 3. The van der Waals surface area contributed by atoms with Crippen molar-refractivity contribution < 1.29 is 26.6 Å². The van der Waals surface area contributed by atoms with Gasteiger partial charge in [0.25, 0.3) is 0 Å². The summed E-state index contributed by atoms with van der Waals surface area (Å²) in [5.74, 6) is -0.960. The van der Waals surface area contributed by atoms with Gasteiger partial charge in [-0.1, -0.05) is 0 Å². The molecule has 1 aliphatic rings. The van der Waals surface area contributed by atoms with Crippen LogP contribution in [0.4, 0.5) is 9.57 Å². The molecule has 1 amide bonds. The lowest BCUT2D eigenvalue weighted by molar-refractivity contribution is -0.117. The highest BCUT2D eigenvalue weighted by molar-refractivity contribution is 7.87. The summed E-state index contributed by atoms with van der Waals surface area (Å²) in [4.78, 5) is 24.8. The molecule has 8 heteroatoms. The van der Waals surface area contributed by atoms with Crippen LogP contribution in [0, 0.1) is 13.8 Å². The number of hydrogen-bond acceptors (Lipinski definition) is 5. The summed E-state index contributed by atoms with van der Waals surface area (Å²) in [6, 6.07) is 3.11. The molecule has 1 aromatic carbocycles. The smallest absolute Gasteiger partial charge is 0.337 e. The molecule has 0 saturated carbocycles. The molecule has 6 nitrogen and oxygen atoms in total. The first kappa shape index (κ1) is 16.4. The first-order valence-corrected chi connectivity index (χ1v) is 8.03. The van der Waals surface area contributed by atoms with Crippen molar-refractivity contribution in [2.45, 2.75) is 25.5 Å². The van der Waals surface area contributed by atoms with Crippen molar-refractivity contribution in [3.05, 3.63) is 28.8 Å². The number of amides is 1. The summed E-state index contributed by atoms with van der Waals surface area (Å²) in [6.07, 6.45) is -0.379. The zero-order chi connectivity index (χ0) is 16.7. The summed E-state index contributed by atoms with van der Waals surface area (Å²) in [7, 11) is -3.50. The second kappa shape index (κ2) is 5.68. The standard InChI is InChI=1S/C14H16FNO5S/c1-8-4-10(14(18)21-3)5-9(2)13(8)16-7-11(6-12(16)17)22(15,19)20/h4-5,11H,6-7H2,1-3H3. The number of carbonyl (C=O) groups excluding carboxylic acids is 2. The van der Waals surface area contributed by atoms with Gasteiger partial charge in [-0.25, -0.2) is 4.79 Å². The number of halogens is 1. The Balaban J connectivity index is 2.42. The summed E-state index contributed by atoms with van der Waals surface area (Å²) < 4.78 is 39.8. The summed E-state index contributed by atoms with van der Waals surface area (Å²) in [5.41, 5.74) is 2.07. The molecule has 1 saturated heterocycles. The van der Waals surface area contributed by atoms with Gasteiger partial charge in [-0.05, 0) is 37.1 Å². The highest BCUT2D eigenvalue weighted by Gasteiger charge is 2.40. The third kappa shape index (κ3) is 2.96. The largest absolute Gasteiger partial charge is 0.465 e. The van der Waals surface area contributed by atoms with Crippen LogP contribution in [0.2, 0.25) is 0 Å². The number of benzene rings is 1. The molecule has 1 unspecified atom stereocenters. The van der Waals surface area contributed by atoms with Crippen molar-refractivity contribution in [1.29, 1.82) is 0 Å². The van der Waals surface area contributed by atoms with Gasteiger partial charge in [-0.3, -0.25) is 4.79 Å². The summed E-state index contributed by atoms with van der Waals surface area (Å²) in [6.45, 7) is 3.16. The number of hydrogen-bond donors (Lipinski definition) is 0. The van der Waals surface area contributed by atoms with Crippen LogP contribution in [0.25, 0.3) is 0 Å². The van der Waals surface area contributed by atoms with E-state index in [0.29, 0.717) is 22.4 Å². The van der Waals surface area contributed by atoms with Crippen LogP contribution in [0.15, 0.2) is 12.1 Å². The average Bonchev–Trinajstić information content (AvgIpc) is 2.79. The van der Waals surface area contributed by atoms with Gasteiger partial charge in [-0.2, -0.15) is 8.42 Å². The quantitative estimate of drug-likeness (QED) is 0.620. The van der Waals surface area contributed by atoms with Gasteiger partial charge in [0.2, 0.25) is 5.91 Å². The maximum atomic E-state index is 13.1. The van der Waals surface area contributed by atoms with Gasteiger partial charge in [0.1, 0.15) is 5.25 Å². The van der Waals surface area contributed by atoms with E-state index in [9.17, 15) is 21.9 Å². The third-order valence-electron chi connectivity index (χ3n) is 3.67. The Bertz CT molecular complexity index is 721. The summed E-state index contributed by atoms with van der Waals surface area (Å²) >= 11 is 0. The SMILES string of the molecule is COC(=O)c1cc(C)c(N2CC(S(=O)(=O)F)CC2=O)c(C)c1. The van der Waals surface area contributed by atoms with Gasteiger partial charge < -0.3 is 9.64 Å². The van der Waals surface area contributed by atoms with E-state index in [1.165, 1.54) is 12.0 Å². The Morgan fingerprint density at radius 2 is 1.86 bits per heavy atom. The van der Waals surface area contributed by atoms with E-state index < -0.39 is 27.3 Å². The monoisotopic (exact) mass is 329 g/mol. The minimum absolute atomic E-state index is 0.225. The Kier molecular flexibility index (Phi) is 4.23. The maximum Gasteiger partial charge on any atom is 0.337 e. The molecule has 1 aliphatic heterocycles. The van der Waals surface area contributed by atoms with Gasteiger partial charge >= 0.3 is 16.2 Å². The van der Waals surface area contributed by atoms with Crippen LogP contribution in [-0.2, 0) is 19.8 Å². The lowest BCUT2D eigenvalue weighted by atomic mass is 10.0.